The van der Waals surface area contributed by atoms with Crippen LogP contribution in [0.25, 0.3) is 0 Å². The van der Waals surface area contributed by atoms with Crippen molar-refractivity contribution in [1.29, 1.82) is 0 Å². The average Bonchev–Trinajstić information content (AvgIpc) is 2.48. The van der Waals surface area contributed by atoms with E-state index in [0.717, 1.165) is 12.0 Å². The first-order chi connectivity index (χ1) is 9.69. The minimum absolute atomic E-state index is 0.0314. The van der Waals surface area contributed by atoms with E-state index in [-0.39, 0.29) is 6.04 Å². The van der Waals surface area contributed by atoms with Crippen LogP contribution in [0.2, 0.25) is 0 Å². The number of hydrogen-bond donors (Lipinski definition) is 1. The summed E-state index contributed by atoms with van der Waals surface area (Å²) in [5, 5.41) is 3.16. The molecule has 0 saturated carbocycles. The fourth-order valence-electron chi connectivity index (χ4n) is 2.25. The maximum absolute atomic E-state index is 13.0. The summed E-state index contributed by atoms with van der Waals surface area (Å²) in [6.07, 6.45) is 0.795. The summed E-state index contributed by atoms with van der Waals surface area (Å²) in [6, 6.07) is 10.0. The molecule has 1 aromatic carbocycles. The molecule has 0 aliphatic carbocycles. The fourth-order valence-corrected chi connectivity index (χ4v) is 5.05. The Morgan fingerprint density at radius 1 is 1.25 bits per heavy atom. The Bertz CT molecular complexity index is 455. The second-order valence-electron chi connectivity index (χ2n) is 4.57. The van der Waals surface area contributed by atoms with Crippen molar-refractivity contribution in [3.8, 4) is 0 Å². The van der Waals surface area contributed by atoms with Crippen molar-refractivity contribution in [2.45, 2.75) is 12.5 Å². The Balaban J connectivity index is 2.13. The third-order valence-corrected chi connectivity index (χ3v) is 5.90. The topological polar surface area (TPSA) is 41.6 Å². The van der Waals surface area contributed by atoms with Crippen molar-refractivity contribution in [2.75, 3.05) is 31.5 Å². The van der Waals surface area contributed by atoms with Crippen LogP contribution in [0.3, 0.4) is 0 Å². The molecule has 7 heteroatoms. The summed E-state index contributed by atoms with van der Waals surface area (Å²) >= 11 is 11.6. The average molecular weight is 337 g/mol. The van der Waals surface area contributed by atoms with Crippen molar-refractivity contribution in [2.24, 2.45) is 0 Å². The normalized spacial score (nSPS) is 26.9. The van der Waals surface area contributed by atoms with Crippen LogP contribution in [-0.4, -0.2) is 36.1 Å². The van der Waals surface area contributed by atoms with E-state index in [0.29, 0.717) is 31.5 Å². The van der Waals surface area contributed by atoms with E-state index in [1.54, 1.807) is 4.67 Å². The number of rotatable bonds is 6. The Labute approximate surface area is 129 Å². The Morgan fingerprint density at radius 3 is 2.50 bits per heavy atom. The van der Waals surface area contributed by atoms with Crippen LogP contribution < -0.4 is 5.09 Å². The smallest absolute Gasteiger partial charge is 0.306 e. The molecule has 0 bridgehead atoms. The largest absolute Gasteiger partial charge is 0.344 e. The van der Waals surface area contributed by atoms with Gasteiger partial charge in [-0.2, -0.15) is 0 Å². The second-order valence-corrected chi connectivity index (χ2v) is 7.45. The first-order valence-corrected chi connectivity index (χ1v) is 9.29. The SMILES string of the molecule is O=[P@]1(N(CCCl)CCCl)N[C@H](c2ccccc2)CCO1. The molecule has 2 atom stereocenters. The molecule has 0 spiro atoms. The molecule has 1 N–H and O–H groups in total. The summed E-state index contributed by atoms with van der Waals surface area (Å²) < 4.78 is 20.2. The van der Waals surface area contributed by atoms with Crippen molar-refractivity contribution < 1.29 is 9.09 Å². The van der Waals surface area contributed by atoms with Crippen molar-refractivity contribution in [3.63, 3.8) is 0 Å². The molecule has 1 aliphatic heterocycles. The van der Waals surface area contributed by atoms with Gasteiger partial charge < -0.3 is 4.52 Å². The van der Waals surface area contributed by atoms with Crippen LogP contribution in [-0.2, 0) is 9.09 Å². The van der Waals surface area contributed by atoms with Crippen LogP contribution in [0.1, 0.15) is 18.0 Å². The van der Waals surface area contributed by atoms with E-state index in [9.17, 15) is 4.57 Å². The van der Waals surface area contributed by atoms with Crippen LogP contribution >= 0.6 is 30.9 Å². The highest BCUT2D eigenvalue weighted by atomic mass is 35.5. The molecule has 1 aliphatic rings. The third kappa shape index (κ3) is 3.97. The number of nitrogens with zero attached hydrogens (tertiary/aromatic N) is 1. The number of benzene rings is 1. The van der Waals surface area contributed by atoms with Gasteiger partial charge >= 0.3 is 7.67 Å². The van der Waals surface area contributed by atoms with E-state index in [1.807, 2.05) is 30.3 Å². The Kier molecular flexibility index (Phi) is 6.34. The summed E-state index contributed by atoms with van der Waals surface area (Å²) in [5.41, 5.74) is 1.12. The molecule has 4 nitrogen and oxygen atoms in total. The highest BCUT2D eigenvalue weighted by Crippen LogP contribution is 2.52. The highest BCUT2D eigenvalue weighted by Gasteiger charge is 2.37. The van der Waals surface area contributed by atoms with Gasteiger partial charge in [-0.3, -0.25) is 4.57 Å². The lowest BCUT2D eigenvalue weighted by atomic mass is 10.1. The fraction of sp³-hybridized carbons (Fsp3) is 0.538. The van der Waals surface area contributed by atoms with E-state index >= 15 is 0 Å². The van der Waals surface area contributed by atoms with Crippen molar-refractivity contribution in [1.82, 2.24) is 9.76 Å². The van der Waals surface area contributed by atoms with Crippen molar-refractivity contribution >= 4 is 30.9 Å². The van der Waals surface area contributed by atoms with Gasteiger partial charge in [0.1, 0.15) is 0 Å². The monoisotopic (exact) mass is 336 g/mol. The van der Waals surface area contributed by atoms with Gasteiger partial charge in [0.15, 0.2) is 0 Å². The number of hydrogen-bond acceptors (Lipinski definition) is 2. The molecule has 0 unspecified atom stereocenters. The summed E-state index contributed by atoms with van der Waals surface area (Å²) in [5.74, 6) is 0.782. The molecule has 0 radical (unpaired) electrons. The van der Waals surface area contributed by atoms with E-state index in [1.165, 1.54) is 0 Å². The first-order valence-electron chi connectivity index (χ1n) is 6.64. The highest BCUT2D eigenvalue weighted by molar-refractivity contribution is 7.54. The summed E-state index contributed by atoms with van der Waals surface area (Å²) in [4.78, 5) is 0. The molecule has 112 valence electrons. The predicted molar refractivity (Wildman–Crippen MR) is 83.5 cm³/mol. The van der Waals surface area contributed by atoms with Gasteiger partial charge in [-0.15, -0.1) is 23.2 Å². The minimum atomic E-state index is -3.06. The maximum Gasteiger partial charge on any atom is 0.344 e. The lowest BCUT2D eigenvalue weighted by Crippen LogP contribution is -2.37. The van der Waals surface area contributed by atoms with Gasteiger partial charge in [-0.1, -0.05) is 30.3 Å². The van der Waals surface area contributed by atoms with Gasteiger partial charge in [0.2, 0.25) is 0 Å². The van der Waals surface area contributed by atoms with Crippen LogP contribution in [0.5, 0.6) is 0 Å². The lowest BCUT2D eigenvalue weighted by Gasteiger charge is -2.37. The number of halogens is 2. The maximum atomic E-state index is 13.0. The number of nitrogens with one attached hydrogen (secondary N) is 1. The van der Waals surface area contributed by atoms with Crippen molar-refractivity contribution in [3.05, 3.63) is 35.9 Å². The zero-order chi connectivity index (χ0) is 14.4. The second kappa shape index (κ2) is 7.79. The predicted octanol–water partition coefficient (Wildman–Crippen LogP) is 3.63. The number of alkyl halides is 2. The van der Waals surface area contributed by atoms with Gasteiger partial charge in [0.05, 0.1) is 6.61 Å². The molecule has 1 saturated heterocycles. The van der Waals surface area contributed by atoms with E-state index in [4.69, 9.17) is 27.7 Å². The first kappa shape index (κ1) is 16.3. The molecular formula is C13H19Cl2N2O2P. The molecular weight excluding hydrogens is 318 g/mol. The van der Waals surface area contributed by atoms with Gasteiger partial charge in [-0.05, 0) is 12.0 Å². The summed E-state index contributed by atoms with van der Waals surface area (Å²) in [6.45, 7) is 1.44. The minimum Gasteiger partial charge on any atom is -0.306 e. The Hall–Kier alpha value is -0.0900. The lowest BCUT2D eigenvalue weighted by molar-refractivity contribution is 0.211. The molecule has 2 rings (SSSR count). The summed E-state index contributed by atoms with van der Waals surface area (Å²) in [7, 11) is -3.06. The quantitative estimate of drug-likeness (QED) is 0.636. The van der Waals surface area contributed by atoms with E-state index in [2.05, 4.69) is 5.09 Å². The van der Waals surface area contributed by atoms with E-state index < -0.39 is 7.67 Å². The molecule has 1 fully saturated rings. The molecule has 20 heavy (non-hydrogen) atoms. The zero-order valence-electron chi connectivity index (χ0n) is 11.2. The molecule has 1 aromatic rings. The third-order valence-electron chi connectivity index (χ3n) is 3.25. The Morgan fingerprint density at radius 2 is 1.90 bits per heavy atom. The van der Waals surface area contributed by atoms with Gasteiger partial charge in [0.25, 0.3) is 0 Å². The van der Waals surface area contributed by atoms with Gasteiger partial charge in [0, 0.05) is 30.9 Å². The van der Waals surface area contributed by atoms with Gasteiger partial charge in [-0.25, -0.2) is 9.76 Å². The van der Waals surface area contributed by atoms with Crippen LogP contribution in [0.15, 0.2) is 30.3 Å². The van der Waals surface area contributed by atoms with Crippen LogP contribution in [0, 0.1) is 0 Å². The molecule has 1 heterocycles. The standard InChI is InChI=1S/C13H19Cl2N2O2P/c14-7-9-17(10-8-15)20(18)16-13(6-11-19-20)12-4-2-1-3-5-12/h1-5,13H,6-11H2,(H,16,18)/t13-,20+/m0/s1. The zero-order valence-corrected chi connectivity index (χ0v) is 13.6. The molecule has 0 aromatic heterocycles. The molecule has 0 amide bonds. The van der Waals surface area contributed by atoms with Crippen LogP contribution in [0.4, 0.5) is 0 Å².